The highest BCUT2D eigenvalue weighted by Crippen LogP contribution is 2.38. The highest BCUT2D eigenvalue weighted by Gasteiger charge is 2.19. The Kier molecular flexibility index (Phi) is 7.43. The second-order valence-corrected chi connectivity index (χ2v) is 10.4. The number of esters is 1. The van der Waals surface area contributed by atoms with Crippen molar-refractivity contribution >= 4 is 54.5 Å². The number of fused-ring (bicyclic) bond motifs is 4. The van der Waals surface area contributed by atoms with Gasteiger partial charge in [0.2, 0.25) is 0 Å². The summed E-state index contributed by atoms with van der Waals surface area (Å²) in [5, 5.41) is 4.67. The lowest BCUT2D eigenvalue weighted by Gasteiger charge is -2.14. The average Bonchev–Trinajstić information content (AvgIpc) is 3.21. The zero-order valence-electron chi connectivity index (χ0n) is 21.0. The standard InChI is InChI=1S/C32H32BrNO2/c1-3-4-5-6-7-10-19-34-29-20-23(14-16-26(29)27-18-15-24(33)21-30(27)34)31-25-12-9-8-11-22(25)13-17-28(31)32(35)36-2/h8-9,11-18,20-21H,3-7,10,19H2,1-2H3. The summed E-state index contributed by atoms with van der Waals surface area (Å²) in [5.74, 6) is -0.313. The van der Waals surface area contributed by atoms with E-state index in [0.29, 0.717) is 5.56 Å². The Balaban J connectivity index is 1.66. The molecule has 4 heteroatoms. The number of carbonyl (C=O) groups excluding carboxylic acids is 1. The maximum absolute atomic E-state index is 12.8. The van der Waals surface area contributed by atoms with E-state index >= 15 is 0 Å². The molecule has 36 heavy (non-hydrogen) atoms. The normalized spacial score (nSPS) is 11.5. The molecule has 3 nitrogen and oxygen atoms in total. The molecule has 1 heterocycles. The van der Waals surface area contributed by atoms with Gasteiger partial charge in [0.1, 0.15) is 0 Å². The van der Waals surface area contributed by atoms with Gasteiger partial charge in [0.25, 0.3) is 0 Å². The Morgan fingerprint density at radius 1 is 0.806 bits per heavy atom. The third-order valence-electron chi connectivity index (χ3n) is 7.19. The van der Waals surface area contributed by atoms with Crippen LogP contribution in [0.3, 0.4) is 0 Å². The minimum atomic E-state index is -0.313. The van der Waals surface area contributed by atoms with Crippen molar-refractivity contribution in [3.63, 3.8) is 0 Å². The SMILES string of the molecule is CCCCCCCCn1c2cc(Br)ccc2c2ccc(-c3c(C(=O)OC)ccc4ccccc34)cc21. The van der Waals surface area contributed by atoms with Gasteiger partial charge < -0.3 is 9.30 Å². The van der Waals surface area contributed by atoms with Gasteiger partial charge in [-0.1, -0.05) is 103 Å². The average molecular weight is 543 g/mol. The van der Waals surface area contributed by atoms with Gasteiger partial charge >= 0.3 is 5.97 Å². The van der Waals surface area contributed by atoms with Crippen LogP contribution in [0.5, 0.6) is 0 Å². The van der Waals surface area contributed by atoms with Crippen LogP contribution in [0.25, 0.3) is 43.7 Å². The molecule has 5 aromatic rings. The van der Waals surface area contributed by atoms with Gasteiger partial charge in [-0.2, -0.15) is 0 Å². The summed E-state index contributed by atoms with van der Waals surface area (Å²) in [4.78, 5) is 12.8. The Bertz CT molecular complexity index is 1550. The van der Waals surface area contributed by atoms with E-state index in [1.54, 1.807) is 0 Å². The third-order valence-corrected chi connectivity index (χ3v) is 7.68. The van der Waals surface area contributed by atoms with Gasteiger partial charge in [0.05, 0.1) is 18.2 Å². The molecule has 184 valence electrons. The van der Waals surface area contributed by atoms with Gasteiger partial charge in [-0.25, -0.2) is 4.79 Å². The molecular weight excluding hydrogens is 510 g/mol. The van der Waals surface area contributed by atoms with Crippen LogP contribution in [-0.2, 0) is 11.3 Å². The van der Waals surface area contributed by atoms with Gasteiger partial charge in [-0.05, 0) is 47.0 Å². The number of unbranched alkanes of at least 4 members (excludes halogenated alkanes) is 5. The monoisotopic (exact) mass is 541 g/mol. The first-order valence-corrected chi connectivity index (χ1v) is 13.7. The van der Waals surface area contributed by atoms with Crippen LogP contribution in [0.1, 0.15) is 55.8 Å². The van der Waals surface area contributed by atoms with E-state index in [1.807, 2.05) is 24.3 Å². The molecule has 5 rings (SSSR count). The van der Waals surface area contributed by atoms with E-state index in [9.17, 15) is 4.79 Å². The van der Waals surface area contributed by atoms with Crippen LogP contribution < -0.4 is 0 Å². The topological polar surface area (TPSA) is 31.2 Å². The van der Waals surface area contributed by atoms with Gasteiger partial charge in [0, 0.05) is 32.9 Å². The molecular formula is C32H32BrNO2. The van der Waals surface area contributed by atoms with E-state index in [2.05, 4.69) is 76.0 Å². The summed E-state index contributed by atoms with van der Waals surface area (Å²) >= 11 is 3.68. The lowest BCUT2D eigenvalue weighted by Crippen LogP contribution is -2.04. The number of nitrogens with zero attached hydrogens (tertiary/aromatic N) is 1. The minimum Gasteiger partial charge on any atom is -0.465 e. The van der Waals surface area contributed by atoms with Crippen LogP contribution >= 0.6 is 15.9 Å². The second kappa shape index (κ2) is 10.9. The summed E-state index contributed by atoms with van der Waals surface area (Å²) in [6.45, 7) is 3.24. The van der Waals surface area contributed by atoms with E-state index in [4.69, 9.17) is 4.74 Å². The number of rotatable bonds is 9. The largest absolute Gasteiger partial charge is 0.465 e. The van der Waals surface area contributed by atoms with Crippen LogP contribution in [0.4, 0.5) is 0 Å². The number of hydrogen-bond donors (Lipinski definition) is 0. The van der Waals surface area contributed by atoms with E-state index in [0.717, 1.165) is 39.3 Å². The molecule has 0 spiro atoms. The Hall–Kier alpha value is -3.11. The number of carbonyl (C=O) groups is 1. The van der Waals surface area contributed by atoms with Crippen LogP contribution in [0.2, 0.25) is 0 Å². The fourth-order valence-electron chi connectivity index (χ4n) is 5.38. The van der Waals surface area contributed by atoms with Crippen molar-refractivity contribution in [1.82, 2.24) is 4.57 Å². The van der Waals surface area contributed by atoms with Crippen LogP contribution in [0.15, 0.2) is 77.3 Å². The number of hydrogen-bond acceptors (Lipinski definition) is 2. The fourth-order valence-corrected chi connectivity index (χ4v) is 5.73. The number of aromatic nitrogens is 1. The smallest absolute Gasteiger partial charge is 0.338 e. The molecule has 1 aromatic heterocycles. The van der Waals surface area contributed by atoms with Crippen LogP contribution in [0, 0.1) is 0 Å². The molecule has 0 unspecified atom stereocenters. The Labute approximate surface area is 221 Å². The molecule has 0 atom stereocenters. The zero-order chi connectivity index (χ0) is 25.1. The quantitative estimate of drug-likeness (QED) is 0.137. The predicted molar refractivity (Wildman–Crippen MR) is 155 cm³/mol. The molecule has 0 bridgehead atoms. The fraction of sp³-hybridized carbons (Fsp3) is 0.281. The lowest BCUT2D eigenvalue weighted by atomic mass is 9.92. The third kappa shape index (κ3) is 4.67. The number of aryl methyl sites for hydroxylation is 1. The maximum Gasteiger partial charge on any atom is 0.338 e. The summed E-state index contributed by atoms with van der Waals surface area (Å²) in [5.41, 5.74) is 5.01. The van der Waals surface area contributed by atoms with Crippen molar-refractivity contribution < 1.29 is 9.53 Å². The van der Waals surface area contributed by atoms with Crippen molar-refractivity contribution in [3.8, 4) is 11.1 Å². The van der Waals surface area contributed by atoms with Gasteiger partial charge in [-0.3, -0.25) is 0 Å². The number of halogens is 1. The van der Waals surface area contributed by atoms with Crippen LogP contribution in [-0.4, -0.2) is 17.6 Å². The summed E-state index contributed by atoms with van der Waals surface area (Å²) in [6.07, 6.45) is 7.59. The van der Waals surface area contributed by atoms with Crippen molar-refractivity contribution in [1.29, 1.82) is 0 Å². The van der Waals surface area contributed by atoms with Crippen molar-refractivity contribution in [2.45, 2.75) is 52.0 Å². The molecule has 0 radical (unpaired) electrons. The molecule has 0 aliphatic rings. The molecule has 0 fully saturated rings. The summed E-state index contributed by atoms with van der Waals surface area (Å²) in [7, 11) is 1.45. The molecule has 0 saturated carbocycles. The van der Waals surface area contributed by atoms with E-state index in [1.165, 1.54) is 61.0 Å². The van der Waals surface area contributed by atoms with Gasteiger partial charge in [-0.15, -0.1) is 0 Å². The van der Waals surface area contributed by atoms with Crippen molar-refractivity contribution in [2.24, 2.45) is 0 Å². The first kappa shape index (κ1) is 24.6. The lowest BCUT2D eigenvalue weighted by molar-refractivity contribution is 0.0602. The Morgan fingerprint density at radius 3 is 2.33 bits per heavy atom. The van der Waals surface area contributed by atoms with E-state index in [-0.39, 0.29) is 5.97 Å². The van der Waals surface area contributed by atoms with E-state index < -0.39 is 0 Å². The first-order valence-electron chi connectivity index (χ1n) is 12.9. The summed E-state index contributed by atoms with van der Waals surface area (Å²) < 4.78 is 8.71. The van der Waals surface area contributed by atoms with Crippen molar-refractivity contribution in [2.75, 3.05) is 7.11 Å². The number of ether oxygens (including phenoxy) is 1. The second-order valence-electron chi connectivity index (χ2n) is 9.51. The highest BCUT2D eigenvalue weighted by molar-refractivity contribution is 9.10. The molecule has 0 amide bonds. The first-order chi connectivity index (χ1) is 17.6. The molecule has 0 aliphatic heterocycles. The number of benzene rings is 4. The molecule has 4 aromatic carbocycles. The summed E-state index contributed by atoms with van der Waals surface area (Å²) in [6, 6.07) is 25.3. The predicted octanol–water partition coefficient (Wildman–Crippen LogP) is 9.52. The maximum atomic E-state index is 12.8. The number of methoxy groups -OCH3 is 1. The zero-order valence-corrected chi connectivity index (χ0v) is 22.6. The highest BCUT2D eigenvalue weighted by atomic mass is 79.9. The molecule has 0 aliphatic carbocycles. The van der Waals surface area contributed by atoms with Gasteiger partial charge in [0.15, 0.2) is 0 Å². The molecule has 0 N–H and O–H groups in total. The Morgan fingerprint density at radius 2 is 1.53 bits per heavy atom. The molecule has 0 saturated heterocycles. The van der Waals surface area contributed by atoms with Crippen molar-refractivity contribution in [3.05, 3.63) is 82.8 Å². The minimum absolute atomic E-state index is 0.313.